The van der Waals surface area contributed by atoms with E-state index in [0.717, 1.165) is 0 Å². The molecule has 138 valence electrons. The van der Waals surface area contributed by atoms with Gasteiger partial charge in [0.15, 0.2) is 11.5 Å². The zero-order valence-electron chi connectivity index (χ0n) is 14.6. The van der Waals surface area contributed by atoms with Crippen LogP contribution >= 0.6 is 0 Å². The number of halogens is 1. The number of nitrogens with one attached hydrogen (secondary N) is 2. The van der Waals surface area contributed by atoms with E-state index in [1.807, 2.05) is 0 Å². The molecule has 0 unspecified atom stereocenters. The molecular weight excluding hydrogens is 343 g/mol. The number of benzene rings is 2. The summed E-state index contributed by atoms with van der Waals surface area (Å²) in [5.74, 6) is -0.694. The van der Waals surface area contributed by atoms with Gasteiger partial charge in [0.2, 0.25) is 17.6 Å². The van der Waals surface area contributed by atoms with Crippen molar-refractivity contribution in [3.8, 4) is 17.2 Å². The van der Waals surface area contributed by atoms with Gasteiger partial charge in [-0.1, -0.05) is 12.1 Å². The first-order chi connectivity index (χ1) is 12.5. The Bertz CT molecular complexity index is 785. The second kappa shape index (κ2) is 8.70. The van der Waals surface area contributed by atoms with Gasteiger partial charge in [-0.25, -0.2) is 4.39 Å². The summed E-state index contributed by atoms with van der Waals surface area (Å²) < 4.78 is 29.1. The molecule has 0 spiro atoms. The molecule has 0 saturated heterocycles. The third-order valence-electron chi connectivity index (χ3n) is 3.42. The lowest BCUT2D eigenvalue weighted by Gasteiger charge is -2.14. The van der Waals surface area contributed by atoms with Crippen LogP contribution in [0.4, 0.5) is 15.8 Å². The average Bonchev–Trinajstić information content (AvgIpc) is 2.62. The Morgan fingerprint density at radius 3 is 2.04 bits per heavy atom. The predicted octanol–water partition coefficient (Wildman–Crippen LogP) is 2.82. The Morgan fingerprint density at radius 1 is 0.923 bits per heavy atom. The van der Waals surface area contributed by atoms with Crippen molar-refractivity contribution in [1.82, 2.24) is 0 Å². The quantitative estimate of drug-likeness (QED) is 0.740. The minimum atomic E-state index is -0.639. The van der Waals surface area contributed by atoms with E-state index in [0.29, 0.717) is 22.9 Å². The van der Waals surface area contributed by atoms with Crippen LogP contribution in [0.1, 0.15) is 6.42 Å². The number of rotatable bonds is 7. The van der Waals surface area contributed by atoms with Gasteiger partial charge in [-0.2, -0.15) is 0 Å². The minimum Gasteiger partial charge on any atom is -0.493 e. The molecule has 26 heavy (non-hydrogen) atoms. The molecule has 2 aromatic carbocycles. The molecule has 8 heteroatoms. The van der Waals surface area contributed by atoms with Crippen LogP contribution in [0, 0.1) is 5.82 Å². The van der Waals surface area contributed by atoms with Crippen LogP contribution < -0.4 is 24.8 Å². The van der Waals surface area contributed by atoms with Crippen LogP contribution in [0.15, 0.2) is 36.4 Å². The van der Waals surface area contributed by atoms with Crippen LogP contribution in [0.5, 0.6) is 17.2 Å². The van der Waals surface area contributed by atoms with Crippen LogP contribution in [0.2, 0.25) is 0 Å². The number of hydrogen-bond donors (Lipinski definition) is 2. The molecule has 0 aliphatic rings. The summed E-state index contributed by atoms with van der Waals surface area (Å²) in [7, 11) is 4.36. The number of carbonyl (C=O) groups excluding carboxylic acids is 2. The zero-order valence-corrected chi connectivity index (χ0v) is 14.6. The predicted molar refractivity (Wildman–Crippen MR) is 94.4 cm³/mol. The number of carbonyl (C=O) groups is 2. The third-order valence-corrected chi connectivity index (χ3v) is 3.42. The Morgan fingerprint density at radius 2 is 1.50 bits per heavy atom. The maximum absolute atomic E-state index is 13.5. The zero-order chi connectivity index (χ0) is 19.1. The molecule has 0 heterocycles. The first kappa shape index (κ1) is 19.0. The fourth-order valence-corrected chi connectivity index (χ4v) is 2.26. The van der Waals surface area contributed by atoms with Gasteiger partial charge in [0.1, 0.15) is 12.2 Å². The van der Waals surface area contributed by atoms with E-state index < -0.39 is 24.1 Å². The van der Waals surface area contributed by atoms with E-state index in [1.165, 1.54) is 51.7 Å². The van der Waals surface area contributed by atoms with Crippen molar-refractivity contribution in [3.05, 3.63) is 42.2 Å². The molecule has 0 aromatic heterocycles. The van der Waals surface area contributed by atoms with E-state index >= 15 is 0 Å². The first-order valence-electron chi connectivity index (χ1n) is 7.62. The van der Waals surface area contributed by atoms with Gasteiger partial charge in [0, 0.05) is 17.8 Å². The number of para-hydroxylation sites is 1. The Labute approximate surface area is 150 Å². The molecular formula is C18H19FN2O5. The van der Waals surface area contributed by atoms with Gasteiger partial charge < -0.3 is 24.8 Å². The molecule has 0 fully saturated rings. The number of anilines is 2. The number of hydrogen-bond acceptors (Lipinski definition) is 5. The van der Waals surface area contributed by atoms with Crippen LogP contribution in [0.3, 0.4) is 0 Å². The van der Waals surface area contributed by atoms with Crippen molar-refractivity contribution in [3.63, 3.8) is 0 Å². The van der Waals surface area contributed by atoms with Gasteiger partial charge in [-0.15, -0.1) is 0 Å². The SMILES string of the molecule is COc1cc(NC(=O)CC(=O)Nc2ccccc2F)cc(OC)c1OC. The van der Waals surface area contributed by atoms with Gasteiger partial charge in [0.05, 0.1) is 27.0 Å². The van der Waals surface area contributed by atoms with E-state index in [-0.39, 0.29) is 5.69 Å². The summed E-state index contributed by atoms with van der Waals surface area (Å²) in [6.45, 7) is 0. The molecule has 2 amide bonds. The topological polar surface area (TPSA) is 85.9 Å². The maximum Gasteiger partial charge on any atom is 0.233 e. The maximum atomic E-state index is 13.5. The van der Waals surface area contributed by atoms with Crippen LogP contribution in [-0.4, -0.2) is 33.1 Å². The van der Waals surface area contributed by atoms with Crippen molar-refractivity contribution in [2.45, 2.75) is 6.42 Å². The van der Waals surface area contributed by atoms with Crippen molar-refractivity contribution < 1.29 is 28.2 Å². The van der Waals surface area contributed by atoms with Gasteiger partial charge in [0.25, 0.3) is 0 Å². The first-order valence-corrected chi connectivity index (χ1v) is 7.62. The molecule has 0 bridgehead atoms. The number of methoxy groups -OCH3 is 3. The second-order valence-electron chi connectivity index (χ2n) is 5.17. The Kier molecular flexibility index (Phi) is 6.37. The molecule has 0 saturated carbocycles. The summed E-state index contributed by atoms with van der Waals surface area (Å²) >= 11 is 0. The smallest absolute Gasteiger partial charge is 0.233 e. The summed E-state index contributed by atoms with van der Waals surface area (Å²) in [6, 6.07) is 8.77. The van der Waals surface area contributed by atoms with Crippen molar-refractivity contribution >= 4 is 23.2 Å². The van der Waals surface area contributed by atoms with E-state index in [4.69, 9.17) is 14.2 Å². The highest BCUT2D eigenvalue weighted by Gasteiger charge is 2.16. The highest BCUT2D eigenvalue weighted by Crippen LogP contribution is 2.39. The second-order valence-corrected chi connectivity index (χ2v) is 5.17. The highest BCUT2D eigenvalue weighted by molar-refractivity contribution is 6.08. The van der Waals surface area contributed by atoms with Crippen molar-refractivity contribution in [2.75, 3.05) is 32.0 Å². The molecule has 0 aliphatic heterocycles. The summed E-state index contributed by atoms with van der Waals surface area (Å²) in [5, 5.41) is 4.91. The largest absolute Gasteiger partial charge is 0.493 e. The molecule has 7 nitrogen and oxygen atoms in total. The normalized spacial score (nSPS) is 10.0. The van der Waals surface area contributed by atoms with Gasteiger partial charge in [-0.3, -0.25) is 9.59 Å². The third kappa shape index (κ3) is 4.62. The molecule has 0 radical (unpaired) electrons. The fourth-order valence-electron chi connectivity index (χ4n) is 2.26. The van der Waals surface area contributed by atoms with Crippen molar-refractivity contribution in [1.29, 1.82) is 0 Å². The lowest BCUT2D eigenvalue weighted by Crippen LogP contribution is -2.22. The van der Waals surface area contributed by atoms with Crippen LogP contribution in [0.25, 0.3) is 0 Å². The van der Waals surface area contributed by atoms with E-state index in [9.17, 15) is 14.0 Å². The summed E-state index contributed by atoms with van der Waals surface area (Å²) in [5.41, 5.74) is 0.376. The fraction of sp³-hybridized carbons (Fsp3) is 0.222. The molecule has 2 aromatic rings. The number of ether oxygens (including phenoxy) is 3. The number of amides is 2. The molecule has 2 N–H and O–H groups in total. The molecule has 2 rings (SSSR count). The van der Waals surface area contributed by atoms with Crippen molar-refractivity contribution in [2.24, 2.45) is 0 Å². The lowest BCUT2D eigenvalue weighted by atomic mass is 10.2. The average molecular weight is 362 g/mol. The van der Waals surface area contributed by atoms with Gasteiger partial charge in [-0.05, 0) is 12.1 Å². The highest BCUT2D eigenvalue weighted by atomic mass is 19.1. The molecule has 0 atom stereocenters. The van der Waals surface area contributed by atoms with E-state index in [1.54, 1.807) is 6.07 Å². The monoisotopic (exact) mass is 362 g/mol. The van der Waals surface area contributed by atoms with E-state index in [2.05, 4.69) is 10.6 Å². The Hall–Kier alpha value is -3.29. The standard InChI is InChI=1S/C18H19FN2O5/c1-24-14-8-11(9-15(25-2)18(14)26-3)20-16(22)10-17(23)21-13-7-5-4-6-12(13)19/h4-9H,10H2,1-3H3,(H,20,22)(H,21,23). The van der Waals surface area contributed by atoms with Crippen LogP contribution in [-0.2, 0) is 9.59 Å². The summed E-state index contributed by atoms with van der Waals surface area (Å²) in [4.78, 5) is 24.0. The van der Waals surface area contributed by atoms with Gasteiger partial charge >= 0.3 is 0 Å². The summed E-state index contributed by atoms with van der Waals surface area (Å²) in [6.07, 6.45) is -0.481. The Balaban J connectivity index is 2.05. The lowest BCUT2D eigenvalue weighted by molar-refractivity contribution is -0.123. The molecule has 0 aliphatic carbocycles. The minimum absolute atomic E-state index is 0.0121.